The standard InChI is InChI=1S/C12H10INO2/c13-9-3-1-5-11(7-9)16-12-6-2-4-10(8-15)14-12/h1-7,15H,8H2. The summed E-state index contributed by atoms with van der Waals surface area (Å²) in [5.41, 5.74) is 0.600. The molecule has 0 saturated heterocycles. The van der Waals surface area contributed by atoms with Gasteiger partial charge in [-0.25, -0.2) is 4.98 Å². The highest BCUT2D eigenvalue weighted by Gasteiger charge is 2.00. The number of ether oxygens (including phenoxy) is 1. The van der Waals surface area contributed by atoms with Crippen molar-refractivity contribution < 1.29 is 9.84 Å². The second kappa shape index (κ2) is 5.27. The first-order valence-corrected chi connectivity index (χ1v) is 5.86. The first-order chi connectivity index (χ1) is 7.78. The van der Waals surface area contributed by atoms with Crippen molar-refractivity contribution in [3.8, 4) is 11.6 Å². The molecule has 0 spiro atoms. The first-order valence-electron chi connectivity index (χ1n) is 4.78. The van der Waals surface area contributed by atoms with E-state index >= 15 is 0 Å². The van der Waals surface area contributed by atoms with Crippen molar-refractivity contribution in [2.45, 2.75) is 6.61 Å². The second-order valence-electron chi connectivity index (χ2n) is 3.18. The van der Waals surface area contributed by atoms with E-state index in [4.69, 9.17) is 9.84 Å². The summed E-state index contributed by atoms with van der Waals surface area (Å²) in [6.45, 7) is -0.0798. The quantitative estimate of drug-likeness (QED) is 0.882. The van der Waals surface area contributed by atoms with E-state index in [1.807, 2.05) is 30.3 Å². The summed E-state index contributed by atoms with van der Waals surface area (Å²) in [5.74, 6) is 1.24. The average molecular weight is 327 g/mol. The fraction of sp³-hybridized carbons (Fsp3) is 0.0833. The van der Waals surface area contributed by atoms with Gasteiger partial charge < -0.3 is 9.84 Å². The van der Waals surface area contributed by atoms with Crippen molar-refractivity contribution in [1.82, 2.24) is 4.98 Å². The van der Waals surface area contributed by atoms with Crippen LogP contribution in [0.15, 0.2) is 42.5 Å². The van der Waals surface area contributed by atoms with Gasteiger partial charge >= 0.3 is 0 Å². The number of aliphatic hydroxyl groups is 1. The highest BCUT2D eigenvalue weighted by molar-refractivity contribution is 14.1. The van der Waals surface area contributed by atoms with E-state index in [-0.39, 0.29) is 6.61 Å². The maximum Gasteiger partial charge on any atom is 0.219 e. The lowest BCUT2D eigenvalue weighted by Gasteiger charge is -2.05. The molecule has 4 heteroatoms. The lowest BCUT2D eigenvalue weighted by Crippen LogP contribution is -1.92. The van der Waals surface area contributed by atoms with Gasteiger partial charge in [0.2, 0.25) is 5.88 Å². The maximum absolute atomic E-state index is 8.95. The van der Waals surface area contributed by atoms with Gasteiger partial charge in [0.05, 0.1) is 12.3 Å². The van der Waals surface area contributed by atoms with Crippen LogP contribution in [0.1, 0.15) is 5.69 Å². The van der Waals surface area contributed by atoms with Gasteiger partial charge in [0.25, 0.3) is 0 Å². The van der Waals surface area contributed by atoms with Crippen LogP contribution in [0.2, 0.25) is 0 Å². The lowest BCUT2D eigenvalue weighted by molar-refractivity contribution is 0.275. The Morgan fingerprint density at radius 1 is 1.19 bits per heavy atom. The van der Waals surface area contributed by atoms with Crippen LogP contribution in [0.25, 0.3) is 0 Å². The largest absolute Gasteiger partial charge is 0.439 e. The third-order valence-electron chi connectivity index (χ3n) is 1.96. The van der Waals surface area contributed by atoms with Crippen LogP contribution in [-0.4, -0.2) is 10.1 Å². The molecule has 0 aliphatic rings. The van der Waals surface area contributed by atoms with Crippen molar-refractivity contribution in [2.75, 3.05) is 0 Å². The minimum Gasteiger partial charge on any atom is -0.439 e. The molecule has 1 aromatic carbocycles. The van der Waals surface area contributed by atoms with E-state index in [2.05, 4.69) is 27.6 Å². The summed E-state index contributed by atoms with van der Waals surface area (Å²) in [5, 5.41) is 8.95. The normalized spacial score (nSPS) is 10.1. The van der Waals surface area contributed by atoms with Gasteiger partial charge in [0, 0.05) is 9.64 Å². The minimum atomic E-state index is -0.0798. The van der Waals surface area contributed by atoms with Gasteiger partial charge in [0.1, 0.15) is 5.75 Å². The second-order valence-corrected chi connectivity index (χ2v) is 4.43. The van der Waals surface area contributed by atoms with E-state index in [1.54, 1.807) is 12.1 Å². The molecule has 0 bridgehead atoms. The van der Waals surface area contributed by atoms with Crippen LogP contribution < -0.4 is 4.74 Å². The summed E-state index contributed by atoms with van der Waals surface area (Å²) in [7, 11) is 0. The monoisotopic (exact) mass is 327 g/mol. The van der Waals surface area contributed by atoms with Crippen LogP contribution in [0.4, 0.5) is 0 Å². The Kier molecular flexibility index (Phi) is 3.74. The van der Waals surface area contributed by atoms with E-state index in [1.165, 1.54) is 0 Å². The van der Waals surface area contributed by atoms with E-state index < -0.39 is 0 Å². The number of benzene rings is 1. The molecule has 0 fully saturated rings. The molecule has 0 aliphatic carbocycles. The van der Waals surface area contributed by atoms with Crippen molar-refractivity contribution >= 4 is 22.6 Å². The number of halogens is 1. The molecule has 1 N–H and O–H groups in total. The highest BCUT2D eigenvalue weighted by Crippen LogP contribution is 2.21. The first kappa shape index (κ1) is 11.3. The molecule has 0 saturated carbocycles. The van der Waals surface area contributed by atoms with Crippen molar-refractivity contribution in [3.05, 3.63) is 51.7 Å². The molecule has 82 valence electrons. The predicted octanol–water partition coefficient (Wildman–Crippen LogP) is 2.97. The summed E-state index contributed by atoms with van der Waals surface area (Å²) in [6, 6.07) is 13.0. The molecule has 0 unspecified atom stereocenters. The Morgan fingerprint density at radius 2 is 2.00 bits per heavy atom. The number of rotatable bonds is 3. The third-order valence-corrected chi connectivity index (χ3v) is 2.63. The van der Waals surface area contributed by atoms with Gasteiger partial charge in [-0.3, -0.25) is 0 Å². The van der Waals surface area contributed by atoms with E-state index in [0.29, 0.717) is 11.6 Å². The lowest BCUT2D eigenvalue weighted by atomic mass is 10.3. The molecule has 1 aromatic heterocycles. The number of nitrogens with zero attached hydrogens (tertiary/aromatic N) is 1. The van der Waals surface area contributed by atoms with Crippen LogP contribution >= 0.6 is 22.6 Å². The predicted molar refractivity (Wildman–Crippen MR) is 69.4 cm³/mol. The molecule has 0 amide bonds. The molecular weight excluding hydrogens is 317 g/mol. The Hall–Kier alpha value is -1.14. The Bertz CT molecular complexity index is 488. The summed E-state index contributed by atoms with van der Waals surface area (Å²) in [4.78, 5) is 4.14. The van der Waals surface area contributed by atoms with Crippen LogP contribution in [-0.2, 0) is 6.61 Å². The minimum absolute atomic E-state index is 0.0798. The smallest absolute Gasteiger partial charge is 0.219 e. The number of pyridine rings is 1. The molecule has 0 atom stereocenters. The van der Waals surface area contributed by atoms with Gasteiger partial charge in [-0.2, -0.15) is 0 Å². The van der Waals surface area contributed by atoms with Gasteiger partial charge in [0.15, 0.2) is 0 Å². The number of hydrogen-bond acceptors (Lipinski definition) is 3. The number of aromatic nitrogens is 1. The van der Waals surface area contributed by atoms with E-state index in [0.717, 1.165) is 9.32 Å². The zero-order valence-corrected chi connectivity index (χ0v) is 10.6. The Balaban J connectivity index is 2.20. The molecule has 0 aliphatic heterocycles. The van der Waals surface area contributed by atoms with Gasteiger partial charge in [-0.05, 0) is 46.9 Å². The zero-order chi connectivity index (χ0) is 11.4. The third kappa shape index (κ3) is 2.93. The molecule has 1 heterocycles. The maximum atomic E-state index is 8.95. The molecule has 2 aromatic rings. The molecule has 3 nitrogen and oxygen atoms in total. The average Bonchev–Trinajstić information content (AvgIpc) is 2.29. The molecule has 2 rings (SSSR count). The van der Waals surface area contributed by atoms with Gasteiger partial charge in [-0.1, -0.05) is 12.1 Å². The van der Waals surface area contributed by atoms with Crippen LogP contribution in [0.5, 0.6) is 11.6 Å². The molecule has 0 radical (unpaired) electrons. The molecular formula is C12H10INO2. The number of hydrogen-bond donors (Lipinski definition) is 1. The highest BCUT2D eigenvalue weighted by atomic mass is 127. The van der Waals surface area contributed by atoms with Crippen LogP contribution in [0.3, 0.4) is 0 Å². The van der Waals surface area contributed by atoms with E-state index in [9.17, 15) is 0 Å². The summed E-state index contributed by atoms with van der Waals surface area (Å²) in [6.07, 6.45) is 0. The van der Waals surface area contributed by atoms with Gasteiger partial charge in [-0.15, -0.1) is 0 Å². The van der Waals surface area contributed by atoms with Crippen molar-refractivity contribution in [3.63, 3.8) is 0 Å². The summed E-state index contributed by atoms with van der Waals surface area (Å²) < 4.78 is 6.68. The Morgan fingerprint density at radius 3 is 2.75 bits per heavy atom. The number of aliphatic hydroxyl groups excluding tert-OH is 1. The van der Waals surface area contributed by atoms with Crippen molar-refractivity contribution in [1.29, 1.82) is 0 Å². The van der Waals surface area contributed by atoms with Crippen LogP contribution in [0, 0.1) is 3.57 Å². The SMILES string of the molecule is OCc1cccc(Oc2cccc(I)c2)n1. The topological polar surface area (TPSA) is 42.4 Å². The Labute approximate surface area is 107 Å². The fourth-order valence-electron chi connectivity index (χ4n) is 1.25. The zero-order valence-electron chi connectivity index (χ0n) is 8.43. The fourth-order valence-corrected chi connectivity index (χ4v) is 1.77. The van der Waals surface area contributed by atoms with Crippen molar-refractivity contribution in [2.24, 2.45) is 0 Å². The molecule has 16 heavy (non-hydrogen) atoms. The summed E-state index contributed by atoms with van der Waals surface area (Å²) >= 11 is 2.22.